The number of nitrogens with one attached hydrogen (secondary N) is 1. The molecule has 0 fully saturated rings. The van der Waals surface area contributed by atoms with Gasteiger partial charge in [0.05, 0.1) is 5.75 Å². The van der Waals surface area contributed by atoms with Gasteiger partial charge in [-0.05, 0) is 6.26 Å². The number of aliphatic imine (C=N–C) groups is 1. The smallest absolute Gasteiger partial charge is 0.238 e. The van der Waals surface area contributed by atoms with Gasteiger partial charge in [0.15, 0.2) is 4.34 Å². The molecule has 1 amide bonds. The Hall–Kier alpha value is -1.20. The van der Waals surface area contributed by atoms with E-state index < -0.39 is 5.50 Å². The molecule has 1 atom stereocenters. The third kappa shape index (κ3) is 3.65. The SMILES string of the molecule is CSc1nnc(NC(=O)CSC2N=NC(N)=N2)s1. The summed E-state index contributed by atoms with van der Waals surface area (Å²) in [4.78, 5) is 15.5. The van der Waals surface area contributed by atoms with Gasteiger partial charge in [-0.3, -0.25) is 10.1 Å². The Morgan fingerprint density at radius 1 is 1.56 bits per heavy atom. The Morgan fingerprint density at radius 3 is 3.00 bits per heavy atom. The maximum absolute atomic E-state index is 11.6. The lowest BCUT2D eigenvalue weighted by Gasteiger charge is -2.02. The molecule has 96 valence electrons. The number of carbonyl (C=O) groups excluding carboxylic acids is 1. The fraction of sp³-hybridized carbons (Fsp3) is 0.429. The van der Waals surface area contributed by atoms with E-state index in [1.165, 1.54) is 34.9 Å². The van der Waals surface area contributed by atoms with Gasteiger partial charge in [-0.25, -0.2) is 4.99 Å². The molecule has 0 radical (unpaired) electrons. The van der Waals surface area contributed by atoms with Crippen LogP contribution in [0, 0.1) is 0 Å². The Labute approximate surface area is 115 Å². The van der Waals surface area contributed by atoms with Crippen LogP contribution in [0.4, 0.5) is 5.13 Å². The largest absolute Gasteiger partial charge is 0.367 e. The molecule has 11 heteroatoms. The van der Waals surface area contributed by atoms with Crippen molar-refractivity contribution in [2.75, 3.05) is 17.3 Å². The van der Waals surface area contributed by atoms with E-state index in [0.29, 0.717) is 5.13 Å². The molecular weight excluding hydrogens is 294 g/mol. The number of amides is 1. The number of carbonyl (C=O) groups is 1. The van der Waals surface area contributed by atoms with E-state index in [-0.39, 0.29) is 17.6 Å². The van der Waals surface area contributed by atoms with E-state index in [0.717, 1.165) is 4.34 Å². The van der Waals surface area contributed by atoms with Crippen molar-refractivity contribution in [2.24, 2.45) is 21.0 Å². The van der Waals surface area contributed by atoms with E-state index in [2.05, 4.69) is 30.7 Å². The minimum atomic E-state index is -0.424. The minimum absolute atomic E-state index is 0.140. The standard InChI is InChI=1S/C7H9N7OS3/c1-16-7-14-13-6(18-7)9-3(15)2-17-5-10-4(8)11-12-5/h5H,2H2,1H3,(H2,8,10)(H,9,13,15). The molecule has 1 aromatic rings. The summed E-state index contributed by atoms with van der Waals surface area (Å²) in [7, 11) is 0. The maximum Gasteiger partial charge on any atom is 0.238 e. The second kappa shape index (κ2) is 6.11. The van der Waals surface area contributed by atoms with Crippen LogP contribution in [0.1, 0.15) is 0 Å². The highest BCUT2D eigenvalue weighted by Gasteiger charge is 2.15. The average molecular weight is 303 g/mol. The lowest BCUT2D eigenvalue weighted by atomic mass is 10.7. The summed E-state index contributed by atoms with van der Waals surface area (Å²) in [5, 5.41) is 18.2. The van der Waals surface area contributed by atoms with Crippen molar-refractivity contribution < 1.29 is 4.79 Å². The Kier molecular flexibility index (Phi) is 4.49. The predicted octanol–water partition coefficient (Wildman–Crippen LogP) is 0.996. The number of rotatable bonds is 5. The van der Waals surface area contributed by atoms with Crippen LogP contribution in [0.3, 0.4) is 0 Å². The lowest BCUT2D eigenvalue weighted by molar-refractivity contribution is -0.113. The van der Waals surface area contributed by atoms with Crippen molar-refractivity contribution in [3.63, 3.8) is 0 Å². The number of nitrogens with two attached hydrogens (primary N) is 1. The summed E-state index contributed by atoms with van der Waals surface area (Å²) < 4.78 is 0.805. The number of aromatic nitrogens is 2. The van der Waals surface area contributed by atoms with Crippen molar-refractivity contribution >= 4 is 51.9 Å². The third-order valence-electron chi connectivity index (χ3n) is 1.69. The lowest BCUT2D eigenvalue weighted by Crippen LogP contribution is -2.15. The highest BCUT2D eigenvalue weighted by Crippen LogP contribution is 2.23. The van der Waals surface area contributed by atoms with E-state index in [1.807, 2.05) is 6.26 Å². The van der Waals surface area contributed by atoms with Crippen LogP contribution in [-0.2, 0) is 4.79 Å². The summed E-state index contributed by atoms with van der Waals surface area (Å²) in [6, 6.07) is 0. The molecular formula is C7H9N7OS3. The first kappa shape index (κ1) is 13.2. The van der Waals surface area contributed by atoms with Crippen molar-refractivity contribution in [2.45, 2.75) is 9.84 Å². The van der Waals surface area contributed by atoms with E-state index >= 15 is 0 Å². The molecule has 2 rings (SSSR count). The van der Waals surface area contributed by atoms with Crippen LogP contribution in [-0.4, -0.2) is 39.6 Å². The van der Waals surface area contributed by atoms with Crippen molar-refractivity contribution in [3.05, 3.63) is 0 Å². The van der Waals surface area contributed by atoms with Crippen LogP contribution >= 0.6 is 34.9 Å². The Bertz CT molecular complexity index is 499. The molecule has 2 heterocycles. The van der Waals surface area contributed by atoms with Crippen molar-refractivity contribution in [1.29, 1.82) is 0 Å². The van der Waals surface area contributed by atoms with E-state index in [9.17, 15) is 4.79 Å². The molecule has 3 N–H and O–H groups in total. The number of nitrogens with zero attached hydrogens (tertiary/aromatic N) is 5. The Morgan fingerprint density at radius 2 is 2.39 bits per heavy atom. The van der Waals surface area contributed by atoms with Gasteiger partial charge in [0.25, 0.3) is 0 Å². The van der Waals surface area contributed by atoms with Gasteiger partial charge in [-0.2, -0.15) is 0 Å². The quantitative estimate of drug-likeness (QED) is 0.618. The molecule has 1 aliphatic rings. The Balaban J connectivity index is 1.77. The molecule has 1 aromatic heterocycles. The highest BCUT2D eigenvalue weighted by atomic mass is 32.2. The molecule has 8 nitrogen and oxygen atoms in total. The predicted molar refractivity (Wildman–Crippen MR) is 73.0 cm³/mol. The fourth-order valence-corrected chi connectivity index (χ4v) is 2.85. The van der Waals surface area contributed by atoms with Gasteiger partial charge in [-0.1, -0.05) is 34.9 Å². The van der Waals surface area contributed by atoms with Gasteiger partial charge >= 0.3 is 0 Å². The number of thioether (sulfide) groups is 2. The molecule has 18 heavy (non-hydrogen) atoms. The summed E-state index contributed by atoms with van der Waals surface area (Å²) in [5.74, 6) is 0.163. The zero-order chi connectivity index (χ0) is 13.0. The summed E-state index contributed by atoms with van der Waals surface area (Å²) in [5.41, 5.74) is 4.91. The summed E-state index contributed by atoms with van der Waals surface area (Å²) in [6.45, 7) is 0. The van der Waals surface area contributed by atoms with Gasteiger partial charge in [0, 0.05) is 0 Å². The van der Waals surface area contributed by atoms with Gasteiger partial charge in [-0.15, -0.1) is 20.4 Å². The number of hydrogen-bond donors (Lipinski definition) is 2. The molecule has 0 saturated heterocycles. The molecule has 0 saturated carbocycles. The first-order valence-corrected chi connectivity index (χ1v) is 7.79. The molecule has 0 aromatic carbocycles. The zero-order valence-corrected chi connectivity index (χ0v) is 11.7. The van der Waals surface area contributed by atoms with Crippen LogP contribution in [0.2, 0.25) is 0 Å². The summed E-state index contributed by atoms with van der Waals surface area (Å²) in [6.07, 6.45) is 1.90. The third-order valence-corrected chi connectivity index (χ3v) is 4.43. The maximum atomic E-state index is 11.6. The second-order valence-electron chi connectivity index (χ2n) is 2.97. The first-order valence-electron chi connectivity index (χ1n) is 4.70. The van der Waals surface area contributed by atoms with E-state index in [1.54, 1.807) is 0 Å². The van der Waals surface area contributed by atoms with Crippen LogP contribution in [0.25, 0.3) is 0 Å². The number of anilines is 1. The van der Waals surface area contributed by atoms with Gasteiger partial charge < -0.3 is 5.73 Å². The average Bonchev–Trinajstić information content (AvgIpc) is 2.95. The molecule has 1 unspecified atom stereocenters. The van der Waals surface area contributed by atoms with Crippen molar-refractivity contribution in [1.82, 2.24) is 10.2 Å². The monoisotopic (exact) mass is 303 g/mol. The zero-order valence-electron chi connectivity index (χ0n) is 9.23. The second-order valence-corrected chi connectivity index (χ2v) is 6.04. The van der Waals surface area contributed by atoms with Crippen LogP contribution < -0.4 is 11.1 Å². The molecule has 0 bridgehead atoms. The topological polar surface area (TPSA) is 118 Å². The van der Waals surface area contributed by atoms with Gasteiger partial charge in [0.2, 0.25) is 22.5 Å². The van der Waals surface area contributed by atoms with Crippen LogP contribution in [0.15, 0.2) is 19.6 Å². The first-order chi connectivity index (χ1) is 8.67. The molecule has 1 aliphatic heterocycles. The van der Waals surface area contributed by atoms with Crippen LogP contribution in [0.5, 0.6) is 0 Å². The summed E-state index contributed by atoms with van der Waals surface area (Å²) >= 11 is 4.05. The normalized spacial score (nSPS) is 17.8. The molecule has 0 aliphatic carbocycles. The van der Waals surface area contributed by atoms with E-state index in [4.69, 9.17) is 5.73 Å². The minimum Gasteiger partial charge on any atom is -0.367 e. The molecule has 0 spiro atoms. The number of azo groups is 1. The van der Waals surface area contributed by atoms with Gasteiger partial charge in [0.1, 0.15) is 0 Å². The highest BCUT2D eigenvalue weighted by molar-refractivity contribution is 8.00. The number of hydrogen-bond acceptors (Lipinski definition) is 10. The van der Waals surface area contributed by atoms with Crippen molar-refractivity contribution in [3.8, 4) is 0 Å². The fourth-order valence-electron chi connectivity index (χ4n) is 0.992. The number of guanidine groups is 1.